The molecule has 0 spiro atoms. The highest BCUT2D eigenvalue weighted by Crippen LogP contribution is 2.22. The molecule has 0 bridgehead atoms. The zero-order valence-corrected chi connectivity index (χ0v) is 11.1. The number of aryl methyl sites for hydroxylation is 1. The van der Waals surface area contributed by atoms with Crippen LogP contribution in [0.2, 0.25) is 0 Å². The maximum absolute atomic E-state index is 5.56. The van der Waals surface area contributed by atoms with Crippen LogP contribution < -0.4 is 5.73 Å². The largest absolute Gasteiger partial charge is 0.375 e. The lowest BCUT2D eigenvalue weighted by atomic mass is 10.3. The van der Waals surface area contributed by atoms with Gasteiger partial charge in [-0.25, -0.2) is 9.97 Å². The maximum atomic E-state index is 5.56. The maximum Gasteiger partial charge on any atom is 0.277 e. The summed E-state index contributed by atoms with van der Waals surface area (Å²) >= 11 is 2.95. The molecule has 0 aromatic carbocycles. The van der Waals surface area contributed by atoms with E-state index in [-0.39, 0.29) is 0 Å². The molecule has 6 nitrogen and oxygen atoms in total. The summed E-state index contributed by atoms with van der Waals surface area (Å²) in [5.41, 5.74) is 7.12. The smallest absolute Gasteiger partial charge is 0.277 e. The van der Waals surface area contributed by atoms with Crippen LogP contribution in [0, 0.1) is 6.92 Å². The fourth-order valence-corrected chi connectivity index (χ4v) is 2.62. The number of nitrogen functional groups attached to an aromatic ring is 1. The summed E-state index contributed by atoms with van der Waals surface area (Å²) in [7, 11) is 0. The highest BCUT2D eigenvalue weighted by atomic mass is 32.1. The SMILES string of the molecule is Cc1nc(Cc2noc(-c3csc(N)n3)n2)cs1. The van der Waals surface area contributed by atoms with Crippen LogP contribution in [0.1, 0.15) is 16.5 Å². The normalized spacial score (nSPS) is 10.9. The molecular weight excluding hydrogens is 270 g/mol. The van der Waals surface area contributed by atoms with Gasteiger partial charge in [-0.05, 0) is 6.92 Å². The average molecular weight is 279 g/mol. The molecule has 3 rings (SSSR count). The molecule has 0 saturated carbocycles. The van der Waals surface area contributed by atoms with E-state index in [1.54, 1.807) is 16.7 Å². The number of rotatable bonds is 3. The number of anilines is 1. The van der Waals surface area contributed by atoms with Crippen LogP contribution in [0.15, 0.2) is 15.3 Å². The van der Waals surface area contributed by atoms with Crippen molar-refractivity contribution in [3.63, 3.8) is 0 Å². The minimum atomic E-state index is 0.393. The number of hydrogen-bond acceptors (Lipinski definition) is 8. The average Bonchev–Trinajstić information content (AvgIpc) is 3.01. The van der Waals surface area contributed by atoms with Gasteiger partial charge in [0.05, 0.1) is 17.1 Å². The number of aromatic nitrogens is 4. The van der Waals surface area contributed by atoms with E-state index >= 15 is 0 Å². The molecule has 0 aliphatic heterocycles. The van der Waals surface area contributed by atoms with E-state index in [1.165, 1.54) is 11.3 Å². The molecular formula is C10H9N5OS2. The van der Waals surface area contributed by atoms with E-state index in [0.717, 1.165) is 10.7 Å². The Hall–Kier alpha value is -1.80. The number of nitrogens with zero attached hydrogens (tertiary/aromatic N) is 4. The standard InChI is InChI=1S/C10H9N5OS2/c1-5-12-6(3-17-5)2-8-14-9(16-15-8)7-4-18-10(11)13-7/h3-4H,2H2,1H3,(H2,11,13). The van der Waals surface area contributed by atoms with Gasteiger partial charge in [0.25, 0.3) is 5.89 Å². The molecule has 2 N–H and O–H groups in total. The van der Waals surface area contributed by atoms with Crippen molar-refractivity contribution in [2.24, 2.45) is 0 Å². The van der Waals surface area contributed by atoms with Crippen LogP contribution in [0.25, 0.3) is 11.6 Å². The molecule has 0 radical (unpaired) electrons. The Morgan fingerprint density at radius 2 is 2.11 bits per heavy atom. The quantitative estimate of drug-likeness (QED) is 0.789. The summed E-state index contributed by atoms with van der Waals surface area (Å²) in [6.07, 6.45) is 0.563. The van der Waals surface area contributed by atoms with E-state index in [9.17, 15) is 0 Å². The molecule has 0 atom stereocenters. The third kappa shape index (κ3) is 2.24. The van der Waals surface area contributed by atoms with Gasteiger partial charge in [-0.15, -0.1) is 22.7 Å². The molecule has 8 heteroatoms. The van der Waals surface area contributed by atoms with Crippen LogP contribution in [0.5, 0.6) is 0 Å². The minimum Gasteiger partial charge on any atom is -0.375 e. The van der Waals surface area contributed by atoms with Crippen molar-refractivity contribution in [2.45, 2.75) is 13.3 Å². The van der Waals surface area contributed by atoms with Gasteiger partial charge in [0, 0.05) is 10.8 Å². The second kappa shape index (κ2) is 4.46. The van der Waals surface area contributed by atoms with Crippen molar-refractivity contribution >= 4 is 27.8 Å². The molecule has 3 heterocycles. The van der Waals surface area contributed by atoms with Crippen molar-refractivity contribution in [1.82, 2.24) is 20.1 Å². The van der Waals surface area contributed by atoms with Crippen LogP contribution in [0.4, 0.5) is 5.13 Å². The highest BCUT2D eigenvalue weighted by molar-refractivity contribution is 7.13. The summed E-state index contributed by atoms with van der Waals surface area (Å²) in [5, 5.41) is 9.21. The van der Waals surface area contributed by atoms with Gasteiger partial charge >= 0.3 is 0 Å². The van der Waals surface area contributed by atoms with Gasteiger partial charge < -0.3 is 10.3 Å². The van der Waals surface area contributed by atoms with Crippen LogP contribution in [-0.4, -0.2) is 20.1 Å². The van der Waals surface area contributed by atoms with E-state index in [1.807, 2.05) is 12.3 Å². The summed E-state index contributed by atoms with van der Waals surface area (Å²) in [6, 6.07) is 0. The lowest BCUT2D eigenvalue weighted by molar-refractivity contribution is 0.423. The van der Waals surface area contributed by atoms with Crippen molar-refractivity contribution in [3.8, 4) is 11.6 Å². The molecule has 0 amide bonds. The van der Waals surface area contributed by atoms with E-state index < -0.39 is 0 Å². The van der Waals surface area contributed by atoms with Gasteiger partial charge in [-0.3, -0.25) is 0 Å². The number of nitrogens with two attached hydrogens (primary N) is 1. The molecule has 18 heavy (non-hydrogen) atoms. The number of thiazole rings is 2. The Balaban J connectivity index is 1.81. The van der Waals surface area contributed by atoms with Gasteiger partial charge in [-0.2, -0.15) is 4.98 Å². The Morgan fingerprint density at radius 3 is 2.78 bits per heavy atom. The molecule has 0 aliphatic carbocycles. The van der Waals surface area contributed by atoms with Gasteiger partial charge in [-0.1, -0.05) is 5.16 Å². The number of hydrogen-bond donors (Lipinski definition) is 1. The molecule has 0 fully saturated rings. The predicted molar refractivity (Wildman–Crippen MR) is 69.5 cm³/mol. The second-order valence-corrected chi connectivity index (χ2v) is 5.57. The summed E-state index contributed by atoms with van der Waals surface area (Å²) in [5.74, 6) is 0.992. The fourth-order valence-electron chi connectivity index (χ4n) is 1.47. The second-order valence-electron chi connectivity index (χ2n) is 3.62. The first-order chi connectivity index (χ1) is 8.70. The highest BCUT2D eigenvalue weighted by Gasteiger charge is 2.13. The first-order valence-electron chi connectivity index (χ1n) is 5.15. The zero-order chi connectivity index (χ0) is 12.5. The van der Waals surface area contributed by atoms with Crippen LogP contribution in [0.3, 0.4) is 0 Å². The van der Waals surface area contributed by atoms with Crippen molar-refractivity contribution in [2.75, 3.05) is 5.73 Å². The van der Waals surface area contributed by atoms with E-state index in [0.29, 0.717) is 29.0 Å². The first-order valence-corrected chi connectivity index (χ1v) is 6.91. The third-order valence-electron chi connectivity index (χ3n) is 2.21. The molecule has 92 valence electrons. The Morgan fingerprint density at radius 1 is 1.22 bits per heavy atom. The monoisotopic (exact) mass is 279 g/mol. The predicted octanol–water partition coefficient (Wildman–Crippen LogP) is 2.13. The summed E-state index contributed by atoms with van der Waals surface area (Å²) in [6.45, 7) is 1.97. The van der Waals surface area contributed by atoms with Crippen molar-refractivity contribution < 1.29 is 4.52 Å². The molecule has 0 unspecified atom stereocenters. The topological polar surface area (TPSA) is 90.7 Å². The van der Waals surface area contributed by atoms with Crippen LogP contribution in [-0.2, 0) is 6.42 Å². The Kier molecular flexibility index (Phi) is 2.80. The summed E-state index contributed by atoms with van der Waals surface area (Å²) < 4.78 is 5.15. The zero-order valence-electron chi connectivity index (χ0n) is 9.45. The van der Waals surface area contributed by atoms with Crippen molar-refractivity contribution in [3.05, 3.63) is 27.3 Å². The Labute approximate surface area is 111 Å². The summed E-state index contributed by atoms with van der Waals surface area (Å²) in [4.78, 5) is 12.7. The molecule has 3 aromatic heterocycles. The van der Waals surface area contributed by atoms with Gasteiger partial charge in [0.2, 0.25) is 0 Å². The molecule has 3 aromatic rings. The van der Waals surface area contributed by atoms with Crippen LogP contribution >= 0.6 is 22.7 Å². The lowest BCUT2D eigenvalue weighted by Gasteiger charge is -1.87. The molecule has 0 saturated heterocycles. The van der Waals surface area contributed by atoms with Gasteiger partial charge in [0.15, 0.2) is 11.0 Å². The fraction of sp³-hybridized carbons (Fsp3) is 0.200. The minimum absolute atomic E-state index is 0.393. The van der Waals surface area contributed by atoms with E-state index in [4.69, 9.17) is 10.3 Å². The van der Waals surface area contributed by atoms with E-state index in [2.05, 4.69) is 20.1 Å². The Bertz CT molecular complexity index is 671. The third-order valence-corrected chi connectivity index (χ3v) is 3.71. The lowest BCUT2D eigenvalue weighted by Crippen LogP contribution is -1.91. The molecule has 0 aliphatic rings. The first kappa shape index (κ1) is 11.3. The van der Waals surface area contributed by atoms with Gasteiger partial charge in [0.1, 0.15) is 5.69 Å². The van der Waals surface area contributed by atoms with Crippen molar-refractivity contribution in [1.29, 1.82) is 0 Å².